The molecule has 0 amide bonds. The Kier molecular flexibility index (Phi) is 5.03. The molecule has 146 valence electrons. The highest BCUT2D eigenvalue weighted by molar-refractivity contribution is 5.38. The molecular weight excluding hydrogens is 404 g/mol. The monoisotopic (exact) mass is 408 g/mol. The largest absolute Gasteiger partial charge is 0.451 e. The maximum atomic E-state index is 13.5. The number of benzene rings is 1. The van der Waals surface area contributed by atoms with Crippen molar-refractivity contribution in [3.63, 3.8) is 0 Å². The van der Waals surface area contributed by atoms with Gasteiger partial charge in [0.05, 0.1) is 0 Å². The fourth-order valence-corrected chi connectivity index (χ4v) is 1.93. The van der Waals surface area contributed by atoms with Crippen molar-refractivity contribution in [1.82, 2.24) is 9.97 Å². The van der Waals surface area contributed by atoms with E-state index in [4.69, 9.17) is 0 Å². The minimum Gasteiger partial charge on any atom is -0.451 e. The van der Waals surface area contributed by atoms with Crippen LogP contribution < -0.4 is 9.47 Å². The maximum Gasteiger partial charge on any atom is 0.255 e. The second-order valence-corrected chi connectivity index (χ2v) is 4.98. The Morgan fingerprint density at radius 3 is 0.964 bits per heavy atom. The van der Waals surface area contributed by atoms with Gasteiger partial charge >= 0.3 is 0 Å². The Balaban J connectivity index is 1.87. The van der Waals surface area contributed by atoms with Gasteiger partial charge in [0.1, 0.15) is 11.5 Å². The van der Waals surface area contributed by atoms with Crippen LogP contribution in [0.1, 0.15) is 0 Å². The number of pyridine rings is 2. The first-order chi connectivity index (χ1) is 13.2. The summed E-state index contributed by atoms with van der Waals surface area (Å²) in [4.78, 5) is 4.69. The normalized spacial score (nSPS) is 10.9. The third kappa shape index (κ3) is 3.52. The number of hydrogen-bond donors (Lipinski definition) is 0. The molecule has 0 spiro atoms. The van der Waals surface area contributed by atoms with E-state index in [-0.39, 0.29) is 11.5 Å². The molecule has 1 aromatic carbocycles. The summed E-state index contributed by atoms with van der Waals surface area (Å²) in [5, 5.41) is 0. The Morgan fingerprint density at radius 2 is 0.714 bits per heavy atom. The van der Waals surface area contributed by atoms with Crippen molar-refractivity contribution in [3.8, 4) is 23.0 Å². The number of hydrogen-bond acceptors (Lipinski definition) is 4. The summed E-state index contributed by atoms with van der Waals surface area (Å²) in [6, 6.07) is 3.70. The summed E-state index contributed by atoms with van der Waals surface area (Å²) in [7, 11) is 0. The van der Waals surface area contributed by atoms with Crippen molar-refractivity contribution < 1.29 is 44.6 Å². The second kappa shape index (κ2) is 7.29. The fourth-order valence-electron chi connectivity index (χ4n) is 1.93. The zero-order valence-electron chi connectivity index (χ0n) is 13.0. The van der Waals surface area contributed by atoms with Crippen molar-refractivity contribution in [3.05, 3.63) is 71.3 Å². The van der Waals surface area contributed by atoms with Crippen LogP contribution in [0.5, 0.6) is 23.0 Å². The molecule has 0 radical (unpaired) electrons. The maximum absolute atomic E-state index is 13.5. The van der Waals surface area contributed by atoms with Gasteiger partial charge in [0.25, 0.3) is 23.8 Å². The van der Waals surface area contributed by atoms with Crippen LogP contribution in [-0.2, 0) is 0 Å². The van der Waals surface area contributed by atoms with E-state index in [0.29, 0.717) is 0 Å². The molecule has 28 heavy (non-hydrogen) atoms. The van der Waals surface area contributed by atoms with Crippen LogP contribution >= 0.6 is 0 Å². The first kappa shape index (κ1) is 19.3. The minimum atomic E-state index is -1.94. The standard InChI is InChI=1S/C16H4F8N2O2/c17-7-11(8(18)14(22)25-13(7)21)27-5-1-2-6(4-3-5)28-12-9(19)15(23)26-16(24)10(12)20/h1-4H. The van der Waals surface area contributed by atoms with Crippen LogP contribution in [0, 0.1) is 47.1 Å². The predicted molar refractivity (Wildman–Crippen MR) is 74.7 cm³/mol. The van der Waals surface area contributed by atoms with Gasteiger partial charge in [-0.1, -0.05) is 0 Å². The molecule has 3 aromatic rings. The van der Waals surface area contributed by atoms with Crippen molar-refractivity contribution in [2.75, 3.05) is 0 Å². The number of nitrogens with zero attached hydrogens (tertiary/aromatic N) is 2. The average Bonchev–Trinajstić information content (AvgIpc) is 2.66. The molecule has 0 unspecified atom stereocenters. The highest BCUT2D eigenvalue weighted by Crippen LogP contribution is 2.33. The molecule has 4 nitrogen and oxygen atoms in total. The van der Waals surface area contributed by atoms with Gasteiger partial charge in [-0.3, -0.25) is 0 Å². The minimum absolute atomic E-state index is 0.372. The van der Waals surface area contributed by atoms with Gasteiger partial charge in [0.15, 0.2) is 0 Å². The lowest BCUT2D eigenvalue weighted by molar-refractivity contribution is 0.339. The lowest BCUT2D eigenvalue weighted by Crippen LogP contribution is -2.03. The van der Waals surface area contributed by atoms with Crippen LogP contribution in [-0.4, -0.2) is 9.97 Å². The molecule has 0 saturated carbocycles. The Labute approximate surface area is 150 Å². The van der Waals surface area contributed by atoms with E-state index in [0.717, 1.165) is 24.3 Å². The lowest BCUT2D eigenvalue weighted by Gasteiger charge is -2.11. The summed E-state index contributed by atoms with van der Waals surface area (Å²) in [5.41, 5.74) is 0. The van der Waals surface area contributed by atoms with Gasteiger partial charge in [-0.15, -0.1) is 0 Å². The molecular formula is C16H4F8N2O2. The molecule has 0 atom stereocenters. The number of ether oxygens (including phenoxy) is 2. The van der Waals surface area contributed by atoms with E-state index in [1.165, 1.54) is 0 Å². The van der Waals surface area contributed by atoms with Crippen LogP contribution in [0.2, 0.25) is 0 Å². The second-order valence-electron chi connectivity index (χ2n) is 4.98. The molecule has 0 aliphatic rings. The van der Waals surface area contributed by atoms with E-state index in [1.54, 1.807) is 0 Å². The Hall–Kier alpha value is -3.44. The summed E-state index contributed by atoms with van der Waals surface area (Å²) < 4.78 is 116. The van der Waals surface area contributed by atoms with Crippen LogP contribution in [0.15, 0.2) is 24.3 Å². The summed E-state index contributed by atoms with van der Waals surface area (Å²) in [6.45, 7) is 0. The molecule has 12 heteroatoms. The zero-order valence-corrected chi connectivity index (χ0v) is 13.0. The highest BCUT2D eigenvalue weighted by Gasteiger charge is 2.24. The topological polar surface area (TPSA) is 44.2 Å². The molecule has 0 aliphatic heterocycles. The number of aromatic nitrogens is 2. The van der Waals surface area contributed by atoms with Crippen molar-refractivity contribution in [2.45, 2.75) is 0 Å². The molecule has 0 N–H and O–H groups in total. The highest BCUT2D eigenvalue weighted by atomic mass is 19.2. The third-order valence-electron chi connectivity index (χ3n) is 3.18. The molecule has 0 bridgehead atoms. The van der Waals surface area contributed by atoms with Crippen LogP contribution in [0.4, 0.5) is 35.1 Å². The van der Waals surface area contributed by atoms with Crippen molar-refractivity contribution in [1.29, 1.82) is 0 Å². The van der Waals surface area contributed by atoms with Crippen LogP contribution in [0.25, 0.3) is 0 Å². The number of halogens is 8. The van der Waals surface area contributed by atoms with E-state index in [9.17, 15) is 35.1 Å². The zero-order chi connectivity index (χ0) is 20.6. The van der Waals surface area contributed by atoms with E-state index >= 15 is 0 Å². The average molecular weight is 408 g/mol. The van der Waals surface area contributed by atoms with Gasteiger partial charge in [0, 0.05) is 0 Å². The molecule has 0 aliphatic carbocycles. The third-order valence-corrected chi connectivity index (χ3v) is 3.18. The van der Waals surface area contributed by atoms with E-state index in [1.807, 2.05) is 0 Å². The van der Waals surface area contributed by atoms with Gasteiger partial charge in [-0.25, -0.2) is 0 Å². The first-order valence-electron chi connectivity index (χ1n) is 7.04. The Morgan fingerprint density at radius 1 is 0.464 bits per heavy atom. The summed E-state index contributed by atoms with van der Waals surface area (Å²) in [6.07, 6.45) is 0. The van der Waals surface area contributed by atoms with Crippen molar-refractivity contribution >= 4 is 0 Å². The van der Waals surface area contributed by atoms with Crippen LogP contribution in [0.3, 0.4) is 0 Å². The molecule has 3 rings (SSSR count). The quantitative estimate of drug-likeness (QED) is 0.441. The molecule has 2 heterocycles. The predicted octanol–water partition coefficient (Wildman–Crippen LogP) is 5.17. The molecule has 2 aromatic heterocycles. The van der Waals surface area contributed by atoms with E-state index in [2.05, 4.69) is 19.4 Å². The fraction of sp³-hybridized carbons (Fsp3) is 0. The van der Waals surface area contributed by atoms with Gasteiger partial charge in [-0.2, -0.15) is 45.1 Å². The SMILES string of the molecule is Fc1nc(F)c(F)c(Oc2ccc(Oc3c(F)c(F)nc(F)c3F)cc2)c1F. The summed E-state index contributed by atoms with van der Waals surface area (Å²) >= 11 is 0. The Bertz CT molecular complexity index is 923. The molecule has 0 fully saturated rings. The first-order valence-corrected chi connectivity index (χ1v) is 7.04. The van der Waals surface area contributed by atoms with Gasteiger partial charge in [0.2, 0.25) is 34.8 Å². The van der Waals surface area contributed by atoms with Gasteiger partial charge < -0.3 is 9.47 Å². The molecule has 0 saturated heterocycles. The van der Waals surface area contributed by atoms with Crippen molar-refractivity contribution in [2.24, 2.45) is 0 Å². The smallest absolute Gasteiger partial charge is 0.255 e. The van der Waals surface area contributed by atoms with Gasteiger partial charge in [-0.05, 0) is 24.3 Å². The lowest BCUT2D eigenvalue weighted by atomic mass is 10.3. The summed E-state index contributed by atoms with van der Waals surface area (Å²) in [5.74, 6) is -18.9. The number of rotatable bonds is 4. The van der Waals surface area contributed by atoms with E-state index < -0.39 is 58.6 Å².